The van der Waals surface area contributed by atoms with Crippen molar-refractivity contribution in [1.82, 2.24) is 19.9 Å². The number of hydrogen-bond acceptors (Lipinski definition) is 6. The number of hydrogen-bond donors (Lipinski definition) is 1. The molecule has 168 valence electrons. The minimum atomic E-state index is -0.981. The van der Waals surface area contributed by atoms with Crippen LogP contribution in [0.3, 0.4) is 0 Å². The van der Waals surface area contributed by atoms with E-state index in [2.05, 4.69) is 10.1 Å². The Morgan fingerprint density at radius 3 is 2.61 bits per heavy atom. The van der Waals surface area contributed by atoms with Gasteiger partial charge in [0.05, 0.1) is 6.04 Å². The molecule has 2 amide bonds. The van der Waals surface area contributed by atoms with Gasteiger partial charge in [-0.25, -0.2) is 4.79 Å². The van der Waals surface area contributed by atoms with E-state index >= 15 is 0 Å². The maximum atomic E-state index is 12.4. The van der Waals surface area contributed by atoms with Crippen LogP contribution < -0.4 is 4.90 Å². The average molecular weight is 430 g/mol. The fourth-order valence-electron chi connectivity index (χ4n) is 4.22. The van der Waals surface area contributed by atoms with Gasteiger partial charge >= 0.3 is 6.09 Å². The molecule has 0 spiro atoms. The van der Waals surface area contributed by atoms with Crippen LogP contribution in [0.1, 0.15) is 51.6 Å². The number of nitrogens with zero attached hydrogens (tertiary/aromatic N) is 5. The summed E-state index contributed by atoms with van der Waals surface area (Å²) in [6.45, 7) is 7.98. The molecule has 0 fully saturated rings. The van der Waals surface area contributed by atoms with Gasteiger partial charge in [0.2, 0.25) is 17.6 Å². The van der Waals surface area contributed by atoms with E-state index in [0.717, 1.165) is 23.4 Å². The highest BCUT2D eigenvalue weighted by Gasteiger charge is 2.38. The average Bonchev–Trinajstić information content (AvgIpc) is 3.14. The summed E-state index contributed by atoms with van der Waals surface area (Å²) >= 11 is 0. The van der Waals surface area contributed by atoms with E-state index in [1.807, 2.05) is 58.0 Å². The smallest absolute Gasteiger partial charge is 0.408 e. The second-order valence-corrected chi connectivity index (χ2v) is 8.61. The van der Waals surface area contributed by atoms with Crippen LogP contribution in [0, 0.1) is 0 Å². The normalized spacial score (nSPS) is 18.4. The van der Waals surface area contributed by atoms with E-state index in [0.29, 0.717) is 24.6 Å². The number of rotatable bonds is 6. The zero-order valence-electron chi connectivity index (χ0n) is 19.0. The third kappa shape index (κ3) is 4.71. The minimum Gasteiger partial charge on any atom is -0.465 e. The summed E-state index contributed by atoms with van der Waals surface area (Å²) in [5, 5.41) is 14.0. The van der Waals surface area contributed by atoms with Crippen LogP contribution in [0.5, 0.6) is 0 Å². The van der Waals surface area contributed by atoms with Gasteiger partial charge in [0, 0.05) is 43.2 Å². The number of carbonyl (C=O) groups excluding carboxylic acids is 1. The number of fused-ring (bicyclic) bond motifs is 1. The Balaban J connectivity index is 2.05. The maximum Gasteiger partial charge on any atom is 0.408 e. The van der Waals surface area contributed by atoms with E-state index in [9.17, 15) is 14.7 Å². The van der Waals surface area contributed by atoms with Gasteiger partial charge < -0.3 is 19.4 Å². The molecule has 9 heteroatoms. The quantitative estimate of drug-likeness (QED) is 0.750. The second-order valence-electron chi connectivity index (χ2n) is 8.61. The Labute approximate surface area is 182 Å². The van der Waals surface area contributed by atoms with Crippen LogP contribution in [0.2, 0.25) is 0 Å². The predicted molar refractivity (Wildman–Crippen MR) is 117 cm³/mol. The molecule has 2 heterocycles. The van der Waals surface area contributed by atoms with Crippen LogP contribution in [0.4, 0.5) is 10.5 Å². The molecule has 1 N–H and O–H groups in total. The first kappa shape index (κ1) is 22.7. The van der Waals surface area contributed by atoms with Crippen LogP contribution >= 0.6 is 0 Å². The third-order valence-electron chi connectivity index (χ3n) is 5.60. The van der Waals surface area contributed by atoms with Gasteiger partial charge in [-0.05, 0) is 65.0 Å². The highest BCUT2D eigenvalue weighted by atomic mass is 16.5. The Hall–Kier alpha value is -2.94. The lowest BCUT2D eigenvalue weighted by molar-refractivity contribution is -0.117. The molecule has 1 aliphatic rings. The van der Waals surface area contributed by atoms with E-state index < -0.39 is 6.09 Å². The summed E-state index contributed by atoms with van der Waals surface area (Å²) in [5.74, 6) is 0.929. The van der Waals surface area contributed by atoms with Gasteiger partial charge in [-0.2, -0.15) is 4.98 Å². The fourth-order valence-corrected chi connectivity index (χ4v) is 4.22. The summed E-state index contributed by atoms with van der Waals surface area (Å²) in [7, 11) is 3.96. The largest absolute Gasteiger partial charge is 0.465 e. The molecule has 3 rings (SSSR count). The molecule has 2 atom stereocenters. The number of aromatic nitrogens is 2. The number of likely N-dealkylation sites (N-methyl/N-ethyl adjacent to an activating group) is 1. The first-order chi connectivity index (χ1) is 14.6. The molecule has 1 aromatic heterocycles. The Morgan fingerprint density at radius 1 is 1.32 bits per heavy atom. The van der Waals surface area contributed by atoms with Gasteiger partial charge in [-0.1, -0.05) is 5.16 Å². The van der Waals surface area contributed by atoms with Crippen LogP contribution in [-0.2, 0) is 11.2 Å². The number of benzene rings is 1. The molecule has 1 aromatic carbocycles. The summed E-state index contributed by atoms with van der Waals surface area (Å²) in [4.78, 5) is 34.1. The van der Waals surface area contributed by atoms with Crippen molar-refractivity contribution < 1.29 is 19.2 Å². The van der Waals surface area contributed by atoms with Gasteiger partial charge in [0.1, 0.15) is 0 Å². The molecule has 31 heavy (non-hydrogen) atoms. The monoisotopic (exact) mass is 429 g/mol. The Morgan fingerprint density at radius 2 is 2.03 bits per heavy atom. The van der Waals surface area contributed by atoms with Gasteiger partial charge in [-0.3, -0.25) is 9.69 Å². The first-order valence-electron chi connectivity index (χ1n) is 10.5. The van der Waals surface area contributed by atoms with Crippen molar-refractivity contribution in [3.8, 4) is 11.4 Å². The molecule has 0 radical (unpaired) electrons. The summed E-state index contributed by atoms with van der Waals surface area (Å²) in [5.41, 5.74) is 2.24. The molecule has 1 aliphatic heterocycles. The van der Waals surface area contributed by atoms with Crippen molar-refractivity contribution in [2.75, 3.05) is 25.5 Å². The SMILES string of the molecule is CC(=O)N1c2ccc(-c3noc(CCN(C)C)n3)cc2[C@H](N(C(=O)O)C(C)C)C[C@@H]1C. The second kappa shape index (κ2) is 9.05. The molecule has 2 aromatic rings. The van der Waals surface area contributed by atoms with Gasteiger partial charge in [0.25, 0.3) is 0 Å². The van der Waals surface area contributed by atoms with Crippen molar-refractivity contribution in [3.63, 3.8) is 0 Å². The Bertz CT molecular complexity index is 955. The number of anilines is 1. The predicted octanol–water partition coefficient (Wildman–Crippen LogP) is 3.42. The van der Waals surface area contributed by atoms with Crippen molar-refractivity contribution >= 4 is 17.7 Å². The minimum absolute atomic E-state index is 0.0723. The summed E-state index contributed by atoms with van der Waals surface area (Å²) in [6.07, 6.45) is 0.176. The van der Waals surface area contributed by atoms with Gasteiger partial charge in [-0.15, -0.1) is 0 Å². The van der Waals surface area contributed by atoms with E-state index in [1.165, 1.54) is 11.8 Å². The zero-order chi connectivity index (χ0) is 22.9. The van der Waals surface area contributed by atoms with E-state index in [4.69, 9.17) is 4.52 Å². The lowest BCUT2D eigenvalue weighted by Crippen LogP contribution is -2.48. The molecule has 0 aliphatic carbocycles. The summed E-state index contributed by atoms with van der Waals surface area (Å²) in [6, 6.07) is 4.89. The van der Waals surface area contributed by atoms with Crippen molar-refractivity contribution in [2.45, 2.75) is 58.7 Å². The molecule has 0 unspecified atom stereocenters. The molecule has 0 saturated carbocycles. The fraction of sp³-hybridized carbons (Fsp3) is 0.545. The lowest BCUT2D eigenvalue weighted by Gasteiger charge is -2.43. The number of carboxylic acid groups (broad SMARTS) is 1. The number of amides is 2. The molecule has 9 nitrogen and oxygen atoms in total. The standard InChI is InChI=1S/C22H31N5O4/c1-13(2)26(22(29)30)19-11-14(3)27(15(4)28)18-8-7-16(12-17(18)19)21-23-20(31-24-21)9-10-25(5)6/h7-8,12-14,19H,9-11H2,1-6H3,(H,29,30)/t14-,19+/m0/s1. The first-order valence-corrected chi connectivity index (χ1v) is 10.5. The highest BCUT2D eigenvalue weighted by molar-refractivity contribution is 5.94. The van der Waals surface area contributed by atoms with E-state index in [1.54, 1.807) is 4.90 Å². The summed E-state index contributed by atoms with van der Waals surface area (Å²) < 4.78 is 5.38. The highest BCUT2D eigenvalue weighted by Crippen LogP contribution is 2.42. The molecular weight excluding hydrogens is 398 g/mol. The van der Waals surface area contributed by atoms with Crippen LogP contribution in [0.25, 0.3) is 11.4 Å². The number of carbonyl (C=O) groups is 2. The maximum absolute atomic E-state index is 12.4. The molecular formula is C22H31N5O4. The van der Waals surface area contributed by atoms with E-state index in [-0.39, 0.29) is 24.0 Å². The van der Waals surface area contributed by atoms with Crippen LogP contribution in [-0.4, -0.2) is 69.8 Å². The molecule has 0 bridgehead atoms. The molecule has 0 saturated heterocycles. The van der Waals surface area contributed by atoms with Gasteiger partial charge in [0.15, 0.2) is 0 Å². The van der Waals surface area contributed by atoms with Crippen LogP contribution in [0.15, 0.2) is 22.7 Å². The van der Waals surface area contributed by atoms with Crippen molar-refractivity contribution in [1.29, 1.82) is 0 Å². The topological polar surface area (TPSA) is 103 Å². The third-order valence-corrected chi connectivity index (χ3v) is 5.60. The Kier molecular flexibility index (Phi) is 6.64. The lowest BCUT2D eigenvalue weighted by atomic mass is 9.88. The zero-order valence-corrected chi connectivity index (χ0v) is 19.0. The van der Waals surface area contributed by atoms with Crippen molar-refractivity contribution in [2.24, 2.45) is 0 Å². The van der Waals surface area contributed by atoms with Crippen molar-refractivity contribution in [3.05, 3.63) is 29.7 Å².